The van der Waals surface area contributed by atoms with Crippen LogP contribution in [0.15, 0.2) is 30.6 Å². The van der Waals surface area contributed by atoms with E-state index in [1.807, 2.05) is 24.4 Å². The molecule has 1 aromatic carbocycles. The van der Waals surface area contributed by atoms with E-state index in [0.29, 0.717) is 5.69 Å². The lowest BCUT2D eigenvalue weighted by molar-refractivity contribution is 0.417. The number of nitrogens with two attached hydrogens (primary N) is 1. The molecule has 4 nitrogen and oxygen atoms in total. The van der Waals surface area contributed by atoms with E-state index in [1.165, 1.54) is 5.56 Å². The molecule has 0 saturated carbocycles. The molecule has 3 N–H and O–H groups in total. The number of methoxy groups -OCH3 is 1. The number of H-pyrrole nitrogens is 1. The second-order valence-electron chi connectivity index (χ2n) is 3.61. The third kappa shape index (κ3) is 2.34. The zero-order chi connectivity index (χ0) is 11.4. The average molecular weight is 217 g/mol. The van der Waals surface area contributed by atoms with Crippen LogP contribution in [0.5, 0.6) is 5.75 Å². The number of rotatable bonds is 4. The lowest BCUT2D eigenvalue weighted by atomic mass is 10.1. The normalized spacial score (nSPS) is 10.3. The quantitative estimate of drug-likeness (QED) is 0.767. The predicted octanol–water partition coefficient (Wildman–Crippen LogP) is 1.79. The summed E-state index contributed by atoms with van der Waals surface area (Å²) in [6.07, 6.45) is 5.40. The fraction of sp³-hybridized carbons (Fsp3) is 0.250. The number of aromatic nitrogens is 2. The van der Waals surface area contributed by atoms with E-state index < -0.39 is 0 Å². The number of hydrogen-bond donors (Lipinski definition) is 2. The molecule has 0 amide bonds. The molecule has 0 atom stereocenters. The Balaban J connectivity index is 2.02. The SMILES string of the molecule is COc1ccc(CCc2ncc[nH]2)cc1N. The third-order valence-electron chi connectivity index (χ3n) is 2.50. The van der Waals surface area contributed by atoms with E-state index in [4.69, 9.17) is 10.5 Å². The Bertz CT molecular complexity index is 451. The van der Waals surface area contributed by atoms with E-state index >= 15 is 0 Å². The number of anilines is 1. The van der Waals surface area contributed by atoms with Gasteiger partial charge in [0.1, 0.15) is 11.6 Å². The van der Waals surface area contributed by atoms with Gasteiger partial charge in [0.05, 0.1) is 12.8 Å². The van der Waals surface area contributed by atoms with Gasteiger partial charge in [0.15, 0.2) is 0 Å². The first-order valence-corrected chi connectivity index (χ1v) is 5.20. The van der Waals surface area contributed by atoms with Gasteiger partial charge in [0, 0.05) is 18.8 Å². The summed E-state index contributed by atoms with van der Waals surface area (Å²) in [4.78, 5) is 7.25. The second kappa shape index (κ2) is 4.70. The van der Waals surface area contributed by atoms with Crippen molar-refractivity contribution in [2.45, 2.75) is 12.8 Å². The zero-order valence-corrected chi connectivity index (χ0v) is 9.23. The molecule has 0 saturated heterocycles. The maximum Gasteiger partial charge on any atom is 0.141 e. The van der Waals surface area contributed by atoms with E-state index in [9.17, 15) is 0 Å². The summed E-state index contributed by atoms with van der Waals surface area (Å²) in [5, 5.41) is 0. The summed E-state index contributed by atoms with van der Waals surface area (Å²) in [7, 11) is 1.62. The van der Waals surface area contributed by atoms with Crippen LogP contribution in [0.1, 0.15) is 11.4 Å². The minimum absolute atomic E-state index is 0.680. The number of nitrogens with zero attached hydrogens (tertiary/aromatic N) is 1. The van der Waals surface area contributed by atoms with Crippen LogP contribution >= 0.6 is 0 Å². The number of benzene rings is 1. The van der Waals surface area contributed by atoms with Gasteiger partial charge in [-0.15, -0.1) is 0 Å². The van der Waals surface area contributed by atoms with Crippen LogP contribution in [0.4, 0.5) is 5.69 Å². The Kier molecular flexibility index (Phi) is 3.10. The lowest BCUT2D eigenvalue weighted by Gasteiger charge is -2.06. The number of nitrogens with one attached hydrogen (secondary N) is 1. The highest BCUT2D eigenvalue weighted by Gasteiger charge is 2.02. The predicted molar refractivity (Wildman–Crippen MR) is 63.4 cm³/mol. The van der Waals surface area contributed by atoms with Crippen molar-refractivity contribution in [3.05, 3.63) is 42.0 Å². The topological polar surface area (TPSA) is 63.9 Å². The summed E-state index contributed by atoms with van der Waals surface area (Å²) >= 11 is 0. The zero-order valence-electron chi connectivity index (χ0n) is 9.23. The highest BCUT2D eigenvalue weighted by atomic mass is 16.5. The van der Waals surface area contributed by atoms with Crippen LogP contribution in [0.3, 0.4) is 0 Å². The summed E-state index contributed by atoms with van der Waals surface area (Å²) < 4.78 is 5.11. The number of aromatic amines is 1. The van der Waals surface area contributed by atoms with Crippen LogP contribution < -0.4 is 10.5 Å². The standard InChI is InChI=1S/C12H15N3O/c1-16-11-4-2-9(8-10(11)13)3-5-12-14-6-7-15-12/h2,4,6-8H,3,5,13H2,1H3,(H,14,15). The first kappa shape index (κ1) is 10.5. The van der Waals surface area contributed by atoms with Crippen LogP contribution in [0, 0.1) is 0 Å². The van der Waals surface area contributed by atoms with E-state index in [1.54, 1.807) is 13.3 Å². The van der Waals surface area contributed by atoms with E-state index in [2.05, 4.69) is 9.97 Å². The lowest BCUT2D eigenvalue weighted by Crippen LogP contribution is -1.97. The smallest absolute Gasteiger partial charge is 0.141 e. The molecule has 0 aliphatic carbocycles. The Labute approximate surface area is 94.5 Å². The van der Waals surface area contributed by atoms with Crippen molar-refractivity contribution < 1.29 is 4.74 Å². The number of imidazole rings is 1. The highest BCUT2D eigenvalue weighted by Crippen LogP contribution is 2.22. The molecule has 16 heavy (non-hydrogen) atoms. The number of ether oxygens (including phenoxy) is 1. The molecule has 1 heterocycles. The highest BCUT2D eigenvalue weighted by molar-refractivity contribution is 5.54. The van der Waals surface area contributed by atoms with Crippen molar-refractivity contribution in [2.24, 2.45) is 0 Å². The largest absolute Gasteiger partial charge is 0.495 e. The van der Waals surface area contributed by atoms with Gasteiger partial charge >= 0.3 is 0 Å². The maximum absolute atomic E-state index is 5.83. The summed E-state index contributed by atoms with van der Waals surface area (Å²) in [6.45, 7) is 0. The molecular weight excluding hydrogens is 202 g/mol. The number of hydrogen-bond acceptors (Lipinski definition) is 3. The van der Waals surface area contributed by atoms with Gasteiger partial charge in [-0.3, -0.25) is 0 Å². The molecule has 0 spiro atoms. The van der Waals surface area contributed by atoms with Crippen molar-refractivity contribution in [3.63, 3.8) is 0 Å². The maximum atomic E-state index is 5.83. The van der Waals surface area contributed by atoms with Crippen molar-refractivity contribution in [2.75, 3.05) is 12.8 Å². The number of aryl methyl sites for hydroxylation is 2. The molecule has 84 valence electrons. The fourth-order valence-corrected chi connectivity index (χ4v) is 1.64. The second-order valence-corrected chi connectivity index (χ2v) is 3.61. The molecule has 0 bridgehead atoms. The molecule has 0 aliphatic rings. The summed E-state index contributed by atoms with van der Waals surface area (Å²) in [5.41, 5.74) is 7.70. The van der Waals surface area contributed by atoms with Gasteiger partial charge < -0.3 is 15.5 Å². The van der Waals surface area contributed by atoms with Crippen molar-refractivity contribution in [1.82, 2.24) is 9.97 Å². The van der Waals surface area contributed by atoms with Gasteiger partial charge in [-0.2, -0.15) is 0 Å². The Morgan fingerprint density at radius 1 is 1.38 bits per heavy atom. The van der Waals surface area contributed by atoms with Crippen molar-refractivity contribution in [1.29, 1.82) is 0 Å². The summed E-state index contributed by atoms with van der Waals surface area (Å²) in [6, 6.07) is 5.87. The van der Waals surface area contributed by atoms with Crippen molar-refractivity contribution >= 4 is 5.69 Å². The Hall–Kier alpha value is -1.97. The van der Waals surface area contributed by atoms with Gasteiger partial charge in [-0.1, -0.05) is 6.07 Å². The van der Waals surface area contributed by atoms with Gasteiger partial charge in [-0.05, 0) is 24.1 Å². The minimum Gasteiger partial charge on any atom is -0.495 e. The third-order valence-corrected chi connectivity index (χ3v) is 2.50. The van der Waals surface area contributed by atoms with E-state index in [-0.39, 0.29) is 0 Å². The molecule has 0 aliphatic heterocycles. The Morgan fingerprint density at radius 3 is 2.88 bits per heavy atom. The molecule has 0 unspecified atom stereocenters. The van der Waals surface area contributed by atoms with Crippen LogP contribution in [-0.4, -0.2) is 17.1 Å². The molecular formula is C12H15N3O. The monoisotopic (exact) mass is 217 g/mol. The molecule has 1 aromatic heterocycles. The van der Waals surface area contributed by atoms with Gasteiger partial charge in [0.2, 0.25) is 0 Å². The average Bonchev–Trinajstić information content (AvgIpc) is 2.79. The minimum atomic E-state index is 0.680. The fourth-order valence-electron chi connectivity index (χ4n) is 1.64. The van der Waals surface area contributed by atoms with Gasteiger partial charge in [-0.25, -0.2) is 4.98 Å². The van der Waals surface area contributed by atoms with E-state index in [0.717, 1.165) is 24.4 Å². The van der Waals surface area contributed by atoms with Crippen LogP contribution in [0.2, 0.25) is 0 Å². The first-order valence-electron chi connectivity index (χ1n) is 5.20. The molecule has 2 rings (SSSR count). The molecule has 0 fully saturated rings. The van der Waals surface area contributed by atoms with Crippen LogP contribution in [-0.2, 0) is 12.8 Å². The molecule has 2 aromatic rings. The number of nitrogen functional groups attached to an aromatic ring is 1. The molecule has 4 heteroatoms. The first-order chi connectivity index (χ1) is 7.79. The molecule has 0 radical (unpaired) electrons. The van der Waals surface area contributed by atoms with Crippen LogP contribution in [0.25, 0.3) is 0 Å². The van der Waals surface area contributed by atoms with Crippen molar-refractivity contribution in [3.8, 4) is 5.75 Å². The van der Waals surface area contributed by atoms with Gasteiger partial charge in [0.25, 0.3) is 0 Å². The summed E-state index contributed by atoms with van der Waals surface area (Å²) in [5.74, 6) is 1.72. The Morgan fingerprint density at radius 2 is 2.25 bits per heavy atom.